The normalized spacial score (nSPS) is 13.7. The Morgan fingerprint density at radius 1 is 1.47 bits per heavy atom. The predicted octanol–water partition coefficient (Wildman–Crippen LogP) is 0.991. The SMILES string of the molecule is CC(=O)N(Cl)C(CO)C(O)c1ccc([N+](=O)[O-])cc1. The van der Waals surface area contributed by atoms with Crippen molar-refractivity contribution in [3.8, 4) is 0 Å². The summed E-state index contributed by atoms with van der Waals surface area (Å²) in [5.41, 5.74) is 0.197. The van der Waals surface area contributed by atoms with Crippen molar-refractivity contribution in [1.29, 1.82) is 0 Å². The zero-order valence-corrected chi connectivity index (χ0v) is 10.8. The Balaban J connectivity index is 2.94. The minimum absolute atomic E-state index is 0.120. The van der Waals surface area contributed by atoms with Gasteiger partial charge in [0.05, 0.1) is 11.5 Å². The minimum Gasteiger partial charge on any atom is -0.394 e. The minimum atomic E-state index is -1.24. The lowest BCUT2D eigenvalue weighted by molar-refractivity contribution is -0.384. The molecule has 0 bridgehead atoms. The number of carbonyl (C=O) groups excluding carboxylic acids is 1. The van der Waals surface area contributed by atoms with Crippen LogP contribution in [0.15, 0.2) is 24.3 Å². The van der Waals surface area contributed by atoms with Crippen LogP contribution >= 0.6 is 11.8 Å². The van der Waals surface area contributed by atoms with E-state index >= 15 is 0 Å². The first kappa shape index (κ1) is 15.4. The summed E-state index contributed by atoms with van der Waals surface area (Å²) in [6.07, 6.45) is -1.24. The van der Waals surface area contributed by atoms with Gasteiger partial charge in [-0.2, -0.15) is 0 Å². The summed E-state index contributed by atoms with van der Waals surface area (Å²) < 4.78 is 0.700. The van der Waals surface area contributed by atoms with Gasteiger partial charge in [-0.3, -0.25) is 14.9 Å². The van der Waals surface area contributed by atoms with Crippen molar-refractivity contribution in [2.45, 2.75) is 19.1 Å². The van der Waals surface area contributed by atoms with E-state index < -0.39 is 29.6 Å². The number of nitrogens with zero attached hydrogens (tertiary/aromatic N) is 2. The lowest BCUT2D eigenvalue weighted by Gasteiger charge is -2.27. The van der Waals surface area contributed by atoms with Gasteiger partial charge in [0.1, 0.15) is 12.1 Å². The lowest BCUT2D eigenvalue weighted by Crippen LogP contribution is -2.39. The second-order valence-corrected chi connectivity index (χ2v) is 4.24. The van der Waals surface area contributed by atoms with Gasteiger partial charge in [0, 0.05) is 30.8 Å². The molecule has 0 saturated carbocycles. The van der Waals surface area contributed by atoms with E-state index in [0.29, 0.717) is 9.98 Å². The van der Waals surface area contributed by atoms with Gasteiger partial charge in [-0.05, 0) is 17.7 Å². The average molecular weight is 289 g/mol. The molecule has 1 rings (SSSR count). The molecule has 1 amide bonds. The smallest absolute Gasteiger partial charge is 0.269 e. The number of aliphatic hydroxyl groups excluding tert-OH is 2. The largest absolute Gasteiger partial charge is 0.394 e. The molecule has 19 heavy (non-hydrogen) atoms. The molecule has 1 aromatic carbocycles. The molecular weight excluding hydrogens is 276 g/mol. The molecule has 0 aromatic heterocycles. The Bertz CT molecular complexity index is 465. The number of hydrogen-bond acceptors (Lipinski definition) is 5. The lowest BCUT2D eigenvalue weighted by atomic mass is 10.0. The molecule has 2 unspecified atom stereocenters. The summed E-state index contributed by atoms with van der Waals surface area (Å²) in [5, 5.41) is 29.7. The van der Waals surface area contributed by atoms with Crippen molar-refractivity contribution in [2.75, 3.05) is 6.61 Å². The van der Waals surface area contributed by atoms with Crippen molar-refractivity contribution < 1.29 is 19.9 Å². The molecule has 1 aromatic rings. The van der Waals surface area contributed by atoms with Crippen LogP contribution < -0.4 is 0 Å². The Kier molecular flexibility index (Phi) is 5.22. The number of aliphatic hydroxyl groups is 2. The van der Waals surface area contributed by atoms with Crippen LogP contribution in [0.4, 0.5) is 5.69 Å². The molecule has 0 fully saturated rings. The molecular formula is C11H13ClN2O5. The molecule has 0 aliphatic carbocycles. The molecule has 0 radical (unpaired) electrons. The van der Waals surface area contributed by atoms with E-state index in [-0.39, 0.29) is 5.69 Å². The highest BCUT2D eigenvalue weighted by Crippen LogP contribution is 2.24. The molecule has 2 atom stereocenters. The van der Waals surface area contributed by atoms with Gasteiger partial charge in [-0.25, -0.2) is 4.42 Å². The van der Waals surface area contributed by atoms with E-state index in [2.05, 4.69) is 0 Å². The van der Waals surface area contributed by atoms with Crippen molar-refractivity contribution in [3.63, 3.8) is 0 Å². The van der Waals surface area contributed by atoms with Gasteiger partial charge in [0.15, 0.2) is 0 Å². The molecule has 8 heteroatoms. The topological polar surface area (TPSA) is 104 Å². The third kappa shape index (κ3) is 3.63. The summed E-state index contributed by atoms with van der Waals surface area (Å²) in [5.74, 6) is -0.526. The number of benzene rings is 1. The van der Waals surface area contributed by atoms with E-state index in [0.717, 1.165) is 0 Å². The fourth-order valence-corrected chi connectivity index (χ4v) is 1.71. The average Bonchev–Trinajstić information content (AvgIpc) is 2.39. The monoisotopic (exact) mass is 288 g/mol. The number of nitro benzene ring substituents is 1. The summed E-state index contributed by atoms with van der Waals surface area (Å²) in [6.45, 7) is 0.652. The Morgan fingerprint density at radius 2 is 2.00 bits per heavy atom. The van der Waals surface area contributed by atoms with Gasteiger partial charge in [0.25, 0.3) is 5.69 Å². The Morgan fingerprint density at radius 3 is 2.37 bits per heavy atom. The van der Waals surface area contributed by atoms with Crippen molar-refractivity contribution in [2.24, 2.45) is 0 Å². The van der Waals surface area contributed by atoms with E-state index in [1.54, 1.807) is 0 Å². The third-order valence-electron chi connectivity index (χ3n) is 2.59. The van der Waals surface area contributed by atoms with Crippen LogP contribution in [0.2, 0.25) is 0 Å². The van der Waals surface area contributed by atoms with Crippen LogP contribution in [0.3, 0.4) is 0 Å². The van der Waals surface area contributed by atoms with Crippen LogP contribution in [0.1, 0.15) is 18.6 Å². The number of rotatable bonds is 5. The van der Waals surface area contributed by atoms with Crippen LogP contribution in [-0.4, -0.2) is 38.1 Å². The second-order valence-electron chi connectivity index (χ2n) is 3.87. The van der Waals surface area contributed by atoms with Crippen LogP contribution in [0, 0.1) is 10.1 Å². The molecule has 0 aliphatic rings. The summed E-state index contributed by atoms with van der Waals surface area (Å²) in [4.78, 5) is 21.0. The first-order valence-corrected chi connectivity index (χ1v) is 5.71. The number of hydrogen-bond donors (Lipinski definition) is 2. The third-order valence-corrected chi connectivity index (χ3v) is 3.08. The summed E-state index contributed by atoms with van der Waals surface area (Å²) in [7, 11) is 0. The van der Waals surface area contributed by atoms with E-state index in [1.165, 1.54) is 31.2 Å². The highest BCUT2D eigenvalue weighted by atomic mass is 35.5. The maximum Gasteiger partial charge on any atom is 0.269 e. The molecule has 7 nitrogen and oxygen atoms in total. The zero-order chi connectivity index (χ0) is 14.6. The standard InChI is InChI=1S/C11H13ClN2O5/c1-7(16)13(12)10(6-15)11(17)8-2-4-9(5-3-8)14(18)19/h2-5,10-11,15,17H,6H2,1H3. The van der Waals surface area contributed by atoms with Gasteiger partial charge in [-0.15, -0.1) is 0 Å². The number of non-ortho nitro benzene ring substituents is 1. The van der Waals surface area contributed by atoms with Crippen molar-refractivity contribution >= 4 is 23.4 Å². The molecule has 0 heterocycles. The molecule has 0 saturated heterocycles. The van der Waals surface area contributed by atoms with E-state index in [1.807, 2.05) is 0 Å². The highest BCUT2D eigenvalue weighted by Gasteiger charge is 2.28. The number of amides is 1. The number of halogens is 1. The zero-order valence-electron chi connectivity index (χ0n) is 10.1. The first-order chi connectivity index (χ1) is 8.88. The highest BCUT2D eigenvalue weighted by molar-refractivity contribution is 6.21. The fraction of sp³-hybridized carbons (Fsp3) is 0.364. The quantitative estimate of drug-likeness (QED) is 0.478. The van der Waals surface area contributed by atoms with Gasteiger partial charge < -0.3 is 10.2 Å². The van der Waals surface area contributed by atoms with Crippen molar-refractivity contribution in [3.05, 3.63) is 39.9 Å². The summed E-state index contributed by atoms with van der Waals surface area (Å²) in [6, 6.07) is 4.10. The Hall–Kier alpha value is -1.70. The second kappa shape index (κ2) is 6.46. The predicted molar refractivity (Wildman–Crippen MR) is 67.3 cm³/mol. The van der Waals surface area contributed by atoms with Gasteiger partial charge >= 0.3 is 0 Å². The Labute approximate surface area is 114 Å². The van der Waals surface area contributed by atoms with Gasteiger partial charge in [0.2, 0.25) is 5.91 Å². The number of carbonyl (C=O) groups is 1. The molecule has 0 aliphatic heterocycles. The molecule has 0 spiro atoms. The fourth-order valence-electron chi connectivity index (χ4n) is 1.54. The maximum absolute atomic E-state index is 11.1. The van der Waals surface area contributed by atoms with Crippen molar-refractivity contribution in [1.82, 2.24) is 4.42 Å². The molecule has 104 valence electrons. The van der Waals surface area contributed by atoms with E-state index in [9.17, 15) is 25.1 Å². The first-order valence-electron chi connectivity index (χ1n) is 5.37. The summed E-state index contributed by atoms with van der Waals surface area (Å²) >= 11 is 5.66. The van der Waals surface area contributed by atoms with Gasteiger partial charge in [-0.1, -0.05) is 0 Å². The maximum atomic E-state index is 11.1. The number of nitro groups is 1. The van der Waals surface area contributed by atoms with Crippen LogP contribution in [-0.2, 0) is 4.79 Å². The van der Waals surface area contributed by atoms with Crippen LogP contribution in [0.5, 0.6) is 0 Å². The van der Waals surface area contributed by atoms with E-state index in [4.69, 9.17) is 11.8 Å². The molecule has 2 N–H and O–H groups in total. The van der Waals surface area contributed by atoms with Crippen LogP contribution in [0.25, 0.3) is 0 Å².